The average molecular weight is 960 g/mol. The van der Waals surface area contributed by atoms with Crippen LogP contribution in [-0.2, 0) is 28.6 Å². The summed E-state index contributed by atoms with van der Waals surface area (Å²) < 4.78 is 16.8. The third kappa shape index (κ3) is 55.1. The first-order valence-electron chi connectivity index (χ1n) is 28.7. The van der Waals surface area contributed by atoms with E-state index in [4.69, 9.17) is 14.2 Å². The van der Waals surface area contributed by atoms with Crippen LogP contribution in [0.2, 0.25) is 0 Å². The predicted octanol–water partition coefficient (Wildman–Crippen LogP) is 19.3. The number of unbranched alkanes of at least 4 members (excludes halogenated alkanes) is 24. The summed E-state index contributed by atoms with van der Waals surface area (Å²) in [6.07, 6.45) is 75.4. The zero-order valence-corrected chi connectivity index (χ0v) is 45.0. The van der Waals surface area contributed by atoms with Crippen molar-refractivity contribution in [3.63, 3.8) is 0 Å². The van der Waals surface area contributed by atoms with Crippen molar-refractivity contribution in [1.29, 1.82) is 0 Å². The molecular weight excluding hydrogens is 853 g/mol. The molecule has 0 unspecified atom stereocenters. The molecule has 0 saturated heterocycles. The summed E-state index contributed by atoms with van der Waals surface area (Å²) in [5.74, 6) is -0.949. The second-order valence-electron chi connectivity index (χ2n) is 18.8. The highest BCUT2D eigenvalue weighted by atomic mass is 16.6. The molecule has 0 radical (unpaired) electrons. The molecule has 0 saturated carbocycles. The van der Waals surface area contributed by atoms with E-state index >= 15 is 0 Å². The minimum Gasteiger partial charge on any atom is -0.462 e. The van der Waals surface area contributed by atoms with Gasteiger partial charge < -0.3 is 14.2 Å². The number of carbonyl (C=O) groups is 3. The topological polar surface area (TPSA) is 78.9 Å². The molecule has 0 aliphatic heterocycles. The summed E-state index contributed by atoms with van der Waals surface area (Å²) in [4.78, 5) is 38.2. The smallest absolute Gasteiger partial charge is 0.306 e. The molecule has 0 N–H and O–H groups in total. The van der Waals surface area contributed by atoms with Gasteiger partial charge in [-0.15, -0.1) is 0 Å². The van der Waals surface area contributed by atoms with Crippen molar-refractivity contribution < 1.29 is 28.6 Å². The Kier molecular flexibility index (Phi) is 53.9. The Labute approximate surface area is 426 Å². The van der Waals surface area contributed by atoms with E-state index in [1.807, 2.05) is 0 Å². The molecule has 0 aliphatic rings. The van der Waals surface area contributed by atoms with Crippen molar-refractivity contribution in [3.8, 4) is 0 Å². The van der Waals surface area contributed by atoms with Gasteiger partial charge in [0.1, 0.15) is 13.2 Å². The lowest BCUT2D eigenvalue weighted by Crippen LogP contribution is -2.30. The molecule has 0 aromatic carbocycles. The van der Waals surface area contributed by atoms with E-state index < -0.39 is 6.10 Å². The fraction of sp³-hybridized carbons (Fsp3) is 0.698. The molecule has 1 atom stereocenters. The standard InChI is InChI=1S/C63H106O6/c1-4-7-10-13-16-19-22-25-28-30-31-33-35-38-41-44-47-50-53-56-62(65)68-59-60(58-67-61(64)55-52-49-46-43-40-37-34-27-24-21-18-15-12-9-6-3)69-63(66)57-54-51-48-45-42-39-36-32-29-26-23-20-17-14-11-8-5-2/h9,12,16-21,25-29,34,40,43,60H,4-8,10-11,13-15,22-24,30-33,35-39,41-42,44-59H2,1-3H3/b12-9-,19-16-,20-17-,21-18-,28-25-,29-26-,34-27-,43-40-/t60-/m1/s1. The van der Waals surface area contributed by atoms with Gasteiger partial charge in [-0.1, -0.05) is 221 Å². The summed E-state index contributed by atoms with van der Waals surface area (Å²) in [5, 5.41) is 0. The minimum atomic E-state index is -0.802. The van der Waals surface area contributed by atoms with Crippen LogP contribution in [0.4, 0.5) is 0 Å². The van der Waals surface area contributed by atoms with Gasteiger partial charge in [0.25, 0.3) is 0 Å². The highest BCUT2D eigenvalue weighted by Gasteiger charge is 2.19. The van der Waals surface area contributed by atoms with Gasteiger partial charge in [0, 0.05) is 19.3 Å². The molecule has 0 bridgehead atoms. The van der Waals surface area contributed by atoms with Gasteiger partial charge in [0.05, 0.1) is 0 Å². The van der Waals surface area contributed by atoms with Crippen molar-refractivity contribution in [1.82, 2.24) is 0 Å². The van der Waals surface area contributed by atoms with Crippen molar-refractivity contribution in [2.75, 3.05) is 13.2 Å². The molecule has 6 nitrogen and oxygen atoms in total. The number of carbonyl (C=O) groups excluding carboxylic acids is 3. The molecule has 394 valence electrons. The molecule has 0 rings (SSSR count). The highest BCUT2D eigenvalue weighted by Crippen LogP contribution is 2.15. The van der Waals surface area contributed by atoms with E-state index in [0.29, 0.717) is 19.3 Å². The van der Waals surface area contributed by atoms with Crippen LogP contribution in [0.15, 0.2) is 97.2 Å². The van der Waals surface area contributed by atoms with Gasteiger partial charge in [-0.2, -0.15) is 0 Å². The normalized spacial score (nSPS) is 12.8. The van der Waals surface area contributed by atoms with E-state index in [9.17, 15) is 14.4 Å². The van der Waals surface area contributed by atoms with Crippen LogP contribution in [0.3, 0.4) is 0 Å². The van der Waals surface area contributed by atoms with E-state index in [1.165, 1.54) is 122 Å². The molecule has 0 aliphatic carbocycles. The van der Waals surface area contributed by atoms with Gasteiger partial charge in [-0.3, -0.25) is 14.4 Å². The summed E-state index contributed by atoms with van der Waals surface area (Å²) in [7, 11) is 0. The number of allylic oxidation sites excluding steroid dienone is 16. The summed E-state index contributed by atoms with van der Waals surface area (Å²) in [6.45, 7) is 6.44. The van der Waals surface area contributed by atoms with Crippen LogP contribution in [0.5, 0.6) is 0 Å². The van der Waals surface area contributed by atoms with Crippen molar-refractivity contribution in [2.45, 2.75) is 271 Å². The molecule has 0 amide bonds. The third-order valence-corrected chi connectivity index (χ3v) is 12.0. The maximum absolute atomic E-state index is 12.9. The van der Waals surface area contributed by atoms with Crippen LogP contribution in [-0.4, -0.2) is 37.2 Å². The van der Waals surface area contributed by atoms with Crippen LogP contribution in [0, 0.1) is 0 Å². The first-order chi connectivity index (χ1) is 34.0. The second kappa shape index (κ2) is 56.9. The molecular formula is C63H106O6. The lowest BCUT2D eigenvalue weighted by molar-refractivity contribution is -0.167. The molecule has 69 heavy (non-hydrogen) atoms. The molecule has 0 aromatic heterocycles. The largest absolute Gasteiger partial charge is 0.462 e. The second-order valence-corrected chi connectivity index (χ2v) is 18.8. The first-order valence-corrected chi connectivity index (χ1v) is 28.7. The van der Waals surface area contributed by atoms with Gasteiger partial charge in [0.2, 0.25) is 0 Å². The third-order valence-electron chi connectivity index (χ3n) is 12.0. The van der Waals surface area contributed by atoms with Crippen LogP contribution < -0.4 is 0 Å². The van der Waals surface area contributed by atoms with Gasteiger partial charge >= 0.3 is 17.9 Å². The van der Waals surface area contributed by atoms with E-state index in [2.05, 4.69) is 118 Å². The van der Waals surface area contributed by atoms with Gasteiger partial charge in [-0.05, 0) is 122 Å². The summed E-state index contributed by atoms with van der Waals surface area (Å²) in [6, 6.07) is 0. The first kappa shape index (κ1) is 65.3. The highest BCUT2D eigenvalue weighted by molar-refractivity contribution is 5.71. The fourth-order valence-corrected chi connectivity index (χ4v) is 7.73. The Hall–Kier alpha value is -3.67. The average Bonchev–Trinajstić information content (AvgIpc) is 3.35. The number of rotatable bonds is 51. The van der Waals surface area contributed by atoms with E-state index in [1.54, 1.807) is 0 Å². The van der Waals surface area contributed by atoms with E-state index in [-0.39, 0.29) is 31.1 Å². The predicted molar refractivity (Wildman–Crippen MR) is 297 cm³/mol. The number of hydrogen-bond donors (Lipinski definition) is 0. The molecule has 0 aromatic rings. The van der Waals surface area contributed by atoms with Crippen LogP contribution in [0.1, 0.15) is 265 Å². The van der Waals surface area contributed by atoms with Crippen molar-refractivity contribution >= 4 is 17.9 Å². The lowest BCUT2D eigenvalue weighted by atomic mass is 10.1. The Morgan fingerprint density at radius 2 is 0.565 bits per heavy atom. The van der Waals surface area contributed by atoms with Crippen molar-refractivity contribution in [2.24, 2.45) is 0 Å². The Morgan fingerprint density at radius 3 is 0.913 bits per heavy atom. The quantitative estimate of drug-likeness (QED) is 0.0262. The van der Waals surface area contributed by atoms with Crippen LogP contribution >= 0.6 is 0 Å². The Balaban J connectivity index is 4.45. The minimum absolute atomic E-state index is 0.0966. The molecule has 0 fully saturated rings. The lowest BCUT2D eigenvalue weighted by Gasteiger charge is -2.18. The summed E-state index contributed by atoms with van der Waals surface area (Å²) >= 11 is 0. The fourth-order valence-electron chi connectivity index (χ4n) is 7.73. The Bertz CT molecular complexity index is 1380. The zero-order chi connectivity index (χ0) is 50.0. The molecule has 6 heteroatoms. The van der Waals surface area contributed by atoms with Gasteiger partial charge in [0.15, 0.2) is 6.10 Å². The monoisotopic (exact) mass is 959 g/mol. The van der Waals surface area contributed by atoms with Crippen LogP contribution in [0.25, 0.3) is 0 Å². The van der Waals surface area contributed by atoms with Crippen molar-refractivity contribution in [3.05, 3.63) is 97.2 Å². The SMILES string of the molecule is CC/C=C\C/C=C\C/C=C\C/C=C\CCCCC(=O)OC[C@H](COC(=O)CCCCCCCCCCC/C=C\C/C=C\CCCCC)OC(=O)CCCCCCCCC/C=C\C/C=C\CCCCC. The maximum Gasteiger partial charge on any atom is 0.306 e. The Morgan fingerprint density at radius 1 is 0.304 bits per heavy atom. The number of hydrogen-bond acceptors (Lipinski definition) is 6. The summed E-state index contributed by atoms with van der Waals surface area (Å²) in [5.41, 5.74) is 0. The molecule has 0 spiro atoms. The molecule has 0 heterocycles. The van der Waals surface area contributed by atoms with E-state index in [0.717, 1.165) is 103 Å². The number of ether oxygens (including phenoxy) is 3. The zero-order valence-electron chi connectivity index (χ0n) is 45.0. The van der Waals surface area contributed by atoms with Gasteiger partial charge in [-0.25, -0.2) is 0 Å². The number of esters is 3. The maximum atomic E-state index is 12.9.